The van der Waals surface area contributed by atoms with Crippen LogP contribution in [0.3, 0.4) is 0 Å². The Morgan fingerprint density at radius 3 is 2.86 bits per heavy atom. The van der Waals surface area contributed by atoms with Crippen molar-refractivity contribution in [3.05, 3.63) is 42.2 Å². The SMILES string of the molecule is COc1ccc2nc(Sc3ccc(C(=N)N)nc3)[nH]c2c1. The molecule has 0 aliphatic carbocycles. The van der Waals surface area contributed by atoms with E-state index >= 15 is 0 Å². The van der Waals surface area contributed by atoms with Gasteiger partial charge in [-0.1, -0.05) is 11.8 Å². The number of hydrogen-bond donors (Lipinski definition) is 3. The number of nitrogens with one attached hydrogen (secondary N) is 2. The third-order valence-electron chi connectivity index (χ3n) is 2.89. The van der Waals surface area contributed by atoms with Crippen LogP contribution in [0.4, 0.5) is 0 Å². The van der Waals surface area contributed by atoms with Gasteiger partial charge in [-0.2, -0.15) is 0 Å². The van der Waals surface area contributed by atoms with Gasteiger partial charge in [0.25, 0.3) is 0 Å². The molecule has 106 valence electrons. The first-order valence-corrected chi connectivity index (χ1v) is 6.99. The number of fused-ring (bicyclic) bond motifs is 1. The van der Waals surface area contributed by atoms with Gasteiger partial charge in [0, 0.05) is 17.2 Å². The molecule has 2 heterocycles. The Morgan fingerprint density at radius 2 is 2.19 bits per heavy atom. The summed E-state index contributed by atoms with van der Waals surface area (Å²) < 4.78 is 5.19. The highest BCUT2D eigenvalue weighted by Gasteiger charge is 2.07. The maximum Gasteiger partial charge on any atom is 0.171 e. The number of aromatic amines is 1. The van der Waals surface area contributed by atoms with Crippen molar-refractivity contribution >= 4 is 28.6 Å². The average Bonchev–Trinajstić information content (AvgIpc) is 2.88. The molecule has 3 rings (SSSR count). The average molecular weight is 299 g/mol. The fraction of sp³-hybridized carbons (Fsp3) is 0.0714. The Morgan fingerprint density at radius 1 is 1.33 bits per heavy atom. The number of pyridine rings is 1. The highest BCUT2D eigenvalue weighted by Crippen LogP contribution is 2.28. The maximum absolute atomic E-state index is 7.32. The topological polar surface area (TPSA) is 101 Å². The number of imidazole rings is 1. The molecule has 4 N–H and O–H groups in total. The molecule has 3 aromatic rings. The van der Waals surface area contributed by atoms with Crippen LogP contribution in [0.1, 0.15) is 5.69 Å². The first kappa shape index (κ1) is 13.4. The Labute approximate surface area is 125 Å². The van der Waals surface area contributed by atoms with Gasteiger partial charge in [0.2, 0.25) is 0 Å². The third-order valence-corrected chi connectivity index (χ3v) is 3.76. The van der Waals surface area contributed by atoms with Crippen LogP contribution in [-0.4, -0.2) is 27.9 Å². The number of H-pyrrole nitrogens is 1. The molecule has 0 aliphatic heterocycles. The number of nitrogen functional groups attached to an aromatic ring is 1. The van der Waals surface area contributed by atoms with Crippen molar-refractivity contribution in [1.82, 2.24) is 15.0 Å². The lowest BCUT2D eigenvalue weighted by Gasteiger charge is -1.99. The van der Waals surface area contributed by atoms with E-state index in [0.29, 0.717) is 5.69 Å². The summed E-state index contributed by atoms with van der Waals surface area (Å²) in [4.78, 5) is 12.8. The minimum absolute atomic E-state index is 0.0395. The lowest BCUT2D eigenvalue weighted by Crippen LogP contribution is -2.12. The standard InChI is InChI=1S/C14H13N5OS/c1-20-8-2-4-10-12(6-8)19-14(18-10)21-9-3-5-11(13(15)16)17-7-9/h2-7H,1H3,(H3,15,16)(H,18,19). The monoisotopic (exact) mass is 299 g/mol. The Balaban J connectivity index is 1.85. The highest BCUT2D eigenvalue weighted by molar-refractivity contribution is 7.99. The molecule has 21 heavy (non-hydrogen) atoms. The van der Waals surface area contributed by atoms with Crippen LogP contribution >= 0.6 is 11.8 Å². The minimum atomic E-state index is -0.0395. The van der Waals surface area contributed by atoms with Gasteiger partial charge in [-0.3, -0.25) is 10.4 Å². The van der Waals surface area contributed by atoms with Crippen LogP contribution in [-0.2, 0) is 0 Å². The quantitative estimate of drug-likeness (QED) is 0.507. The summed E-state index contributed by atoms with van der Waals surface area (Å²) in [6, 6.07) is 9.27. The predicted octanol–water partition coefficient (Wildman–Crippen LogP) is 2.40. The number of benzene rings is 1. The van der Waals surface area contributed by atoms with Crippen molar-refractivity contribution in [2.24, 2.45) is 5.73 Å². The first-order valence-electron chi connectivity index (χ1n) is 6.18. The summed E-state index contributed by atoms with van der Waals surface area (Å²) >= 11 is 1.47. The van der Waals surface area contributed by atoms with Crippen LogP contribution in [0.2, 0.25) is 0 Å². The Hall–Kier alpha value is -2.54. The molecular weight excluding hydrogens is 286 g/mol. The Kier molecular flexibility index (Phi) is 3.49. The van der Waals surface area contributed by atoms with E-state index in [0.717, 1.165) is 26.8 Å². The van der Waals surface area contributed by atoms with E-state index < -0.39 is 0 Å². The van der Waals surface area contributed by atoms with Crippen molar-refractivity contribution in [1.29, 1.82) is 5.41 Å². The van der Waals surface area contributed by atoms with Crippen molar-refractivity contribution in [3.63, 3.8) is 0 Å². The van der Waals surface area contributed by atoms with Crippen molar-refractivity contribution in [2.45, 2.75) is 10.1 Å². The van der Waals surface area contributed by atoms with E-state index in [-0.39, 0.29) is 5.84 Å². The zero-order chi connectivity index (χ0) is 14.8. The van der Waals surface area contributed by atoms with Crippen LogP contribution in [0.25, 0.3) is 11.0 Å². The third kappa shape index (κ3) is 2.82. The van der Waals surface area contributed by atoms with E-state index in [2.05, 4.69) is 15.0 Å². The molecule has 0 aliphatic rings. The summed E-state index contributed by atoms with van der Waals surface area (Å²) in [5.41, 5.74) is 7.65. The lowest BCUT2D eigenvalue weighted by molar-refractivity contribution is 0.415. The summed E-state index contributed by atoms with van der Waals surface area (Å²) in [7, 11) is 1.63. The minimum Gasteiger partial charge on any atom is -0.497 e. The van der Waals surface area contributed by atoms with Crippen molar-refractivity contribution < 1.29 is 4.74 Å². The highest BCUT2D eigenvalue weighted by atomic mass is 32.2. The van der Waals surface area contributed by atoms with Crippen molar-refractivity contribution in [2.75, 3.05) is 7.11 Å². The molecule has 6 nitrogen and oxygen atoms in total. The van der Waals surface area contributed by atoms with Crippen molar-refractivity contribution in [3.8, 4) is 5.75 Å². The number of amidine groups is 1. The summed E-state index contributed by atoms with van der Waals surface area (Å²) in [5, 5.41) is 8.09. The van der Waals surface area contributed by atoms with E-state index in [4.69, 9.17) is 15.9 Å². The molecule has 0 radical (unpaired) electrons. The van der Waals surface area contributed by atoms with Crippen LogP contribution in [0.15, 0.2) is 46.6 Å². The summed E-state index contributed by atoms with van der Waals surface area (Å²) in [6.45, 7) is 0. The van der Waals surface area contributed by atoms with E-state index in [1.165, 1.54) is 11.8 Å². The number of methoxy groups -OCH3 is 1. The molecule has 2 aromatic heterocycles. The molecule has 0 spiro atoms. The number of rotatable bonds is 4. The molecule has 7 heteroatoms. The molecule has 0 atom stereocenters. The van der Waals surface area contributed by atoms with Gasteiger partial charge in [-0.25, -0.2) is 4.98 Å². The van der Waals surface area contributed by atoms with Gasteiger partial charge in [-0.15, -0.1) is 0 Å². The van der Waals surface area contributed by atoms with Crippen LogP contribution in [0, 0.1) is 5.41 Å². The molecular formula is C14H13N5OS. The van der Waals surface area contributed by atoms with E-state index in [1.807, 2.05) is 24.3 Å². The van der Waals surface area contributed by atoms with Gasteiger partial charge in [-0.05, 0) is 24.3 Å². The Bertz CT molecular complexity index is 797. The van der Waals surface area contributed by atoms with Gasteiger partial charge < -0.3 is 15.5 Å². The molecule has 0 amide bonds. The smallest absolute Gasteiger partial charge is 0.171 e. The van der Waals surface area contributed by atoms with Gasteiger partial charge >= 0.3 is 0 Å². The maximum atomic E-state index is 7.32. The van der Waals surface area contributed by atoms with Gasteiger partial charge in [0.15, 0.2) is 5.16 Å². The van der Waals surface area contributed by atoms with Crippen LogP contribution in [0.5, 0.6) is 5.75 Å². The molecule has 0 bridgehead atoms. The summed E-state index contributed by atoms with van der Waals surface area (Å²) in [6.07, 6.45) is 1.68. The number of hydrogen-bond acceptors (Lipinski definition) is 5. The van der Waals surface area contributed by atoms with Gasteiger partial charge in [0.1, 0.15) is 17.3 Å². The second-order valence-corrected chi connectivity index (χ2v) is 5.38. The second-order valence-electron chi connectivity index (χ2n) is 4.32. The molecule has 0 unspecified atom stereocenters. The first-order chi connectivity index (χ1) is 10.2. The summed E-state index contributed by atoms with van der Waals surface area (Å²) in [5.74, 6) is 0.748. The zero-order valence-corrected chi connectivity index (χ0v) is 12.1. The molecule has 0 fully saturated rings. The fourth-order valence-corrected chi connectivity index (χ4v) is 2.62. The number of ether oxygens (including phenoxy) is 1. The molecule has 0 saturated heterocycles. The largest absolute Gasteiger partial charge is 0.497 e. The number of nitrogens with zero attached hydrogens (tertiary/aromatic N) is 2. The number of aromatic nitrogens is 3. The zero-order valence-electron chi connectivity index (χ0n) is 11.3. The normalized spacial score (nSPS) is 10.7. The number of nitrogens with two attached hydrogens (primary N) is 1. The molecule has 0 saturated carbocycles. The van der Waals surface area contributed by atoms with E-state index in [1.54, 1.807) is 19.4 Å². The molecule has 1 aromatic carbocycles. The second kappa shape index (κ2) is 5.45. The fourth-order valence-electron chi connectivity index (χ4n) is 1.85. The predicted molar refractivity (Wildman–Crippen MR) is 82.0 cm³/mol. The van der Waals surface area contributed by atoms with E-state index in [9.17, 15) is 0 Å². The van der Waals surface area contributed by atoms with Crippen LogP contribution < -0.4 is 10.5 Å². The lowest BCUT2D eigenvalue weighted by atomic mass is 10.3. The van der Waals surface area contributed by atoms with Gasteiger partial charge in [0.05, 0.1) is 18.1 Å².